The number of phenols is 1. The van der Waals surface area contributed by atoms with Gasteiger partial charge in [-0.1, -0.05) is 49.4 Å². The van der Waals surface area contributed by atoms with Gasteiger partial charge in [-0.2, -0.15) is 0 Å². The van der Waals surface area contributed by atoms with Gasteiger partial charge in [0.1, 0.15) is 11.5 Å². The van der Waals surface area contributed by atoms with Crippen molar-refractivity contribution >= 4 is 5.57 Å². The van der Waals surface area contributed by atoms with Crippen molar-refractivity contribution in [2.45, 2.75) is 32.1 Å². The number of aliphatic hydroxyl groups is 1. The van der Waals surface area contributed by atoms with E-state index >= 15 is 0 Å². The molecule has 32 heavy (non-hydrogen) atoms. The smallest absolute Gasteiger partial charge is 0.124 e. The van der Waals surface area contributed by atoms with Crippen LogP contribution in [0.15, 0.2) is 90.7 Å². The number of pyridine rings is 2. The summed E-state index contributed by atoms with van der Waals surface area (Å²) in [7, 11) is 0. The molecule has 1 aromatic carbocycles. The summed E-state index contributed by atoms with van der Waals surface area (Å²) in [4.78, 5) is 9.85. The van der Waals surface area contributed by atoms with E-state index in [9.17, 15) is 10.2 Å². The Kier molecular flexibility index (Phi) is 7.48. The molecule has 166 valence electrons. The molecule has 4 rings (SSSR count). The molecule has 1 unspecified atom stereocenters. The Bertz CT molecular complexity index is 1200. The summed E-state index contributed by atoms with van der Waals surface area (Å²) >= 11 is 0. The van der Waals surface area contributed by atoms with E-state index in [2.05, 4.69) is 13.8 Å². The molecule has 0 saturated heterocycles. The first-order valence-corrected chi connectivity index (χ1v) is 10.5. The second-order valence-corrected chi connectivity index (χ2v) is 7.85. The molecule has 2 N–H and O–H groups in total. The molecular weight excluding hydrogens is 579 g/mol. The Labute approximate surface area is 203 Å². The molecule has 0 bridgehead atoms. The number of aromatic hydroxyl groups is 1. The summed E-state index contributed by atoms with van der Waals surface area (Å²) in [5.74, 6) is 0.429. The fourth-order valence-electron chi connectivity index (χ4n) is 3.82. The van der Waals surface area contributed by atoms with Gasteiger partial charge in [0.25, 0.3) is 0 Å². The van der Waals surface area contributed by atoms with E-state index in [1.54, 1.807) is 18.2 Å². The van der Waals surface area contributed by atoms with Gasteiger partial charge >= 0.3 is 0 Å². The number of aliphatic hydroxyl groups excluding tert-OH is 1. The van der Waals surface area contributed by atoms with Gasteiger partial charge in [-0.15, -0.1) is 0 Å². The van der Waals surface area contributed by atoms with Crippen LogP contribution in [-0.2, 0) is 26.5 Å². The molecule has 3 aromatic rings. The van der Waals surface area contributed by atoms with Gasteiger partial charge in [-0.25, -0.2) is 0 Å². The van der Waals surface area contributed by atoms with Crippen molar-refractivity contribution in [2.75, 3.05) is 0 Å². The van der Waals surface area contributed by atoms with Crippen LogP contribution in [0.5, 0.6) is 5.75 Å². The number of phenolic OH excluding ortho intramolecular Hbond substituents is 1. The van der Waals surface area contributed by atoms with Crippen LogP contribution in [0.25, 0.3) is 16.8 Å². The molecule has 4 nitrogen and oxygen atoms in total. The van der Waals surface area contributed by atoms with Crippen molar-refractivity contribution in [1.82, 2.24) is 9.97 Å². The molecule has 0 aliphatic heterocycles. The molecular formula is C27H26N2O2Pt. The van der Waals surface area contributed by atoms with Gasteiger partial charge in [0.05, 0.1) is 28.2 Å². The largest absolute Gasteiger partial charge is 0.507 e. The molecule has 0 spiro atoms. The Morgan fingerprint density at radius 3 is 2.22 bits per heavy atom. The second-order valence-electron chi connectivity index (χ2n) is 7.85. The van der Waals surface area contributed by atoms with Gasteiger partial charge in [0.15, 0.2) is 0 Å². The number of nitrogens with zero attached hydrogens (tertiary/aromatic N) is 2. The molecule has 1 aliphatic carbocycles. The van der Waals surface area contributed by atoms with Crippen LogP contribution in [0.3, 0.4) is 0 Å². The zero-order valence-corrected chi connectivity index (χ0v) is 20.4. The number of rotatable bonds is 5. The molecule has 1 aliphatic rings. The third-order valence-electron chi connectivity index (χ3n) is 5.92. The SMILES string of the molecule is CCC(C)(c1cccc(C2=CCC=CC=C2O)n1)c1cccc(-c2ccccc2O)n1.[Pt]. The summed E-state index contributed by atoms with van der Waals surface area (Å²) in [6, 6.07) is 19.0. The summed E-state index contributed by atoms with van der Waals surface area (Å²) in [6.07, 6.45) is 9.08. The summed E-state index contributed by atoms with van der Waals surface area (Å²) < 4.78 is 0. The van der Waals surface area contributed by atoms with E-state index in [-0.39, 0.29) is 32.6 Å². The Morgan fingerprint density at radius 2 is 1.53 bits per heavy atom. The molecule has 5 heteroatoms. The van der Waals surface area contributed by atoms with Crippen molar-refractivity contribution < 1.29 is 31.3 Å². The Morgan fingerprint density at radius 1 is 0.875 bits per heavy atom. The molecule has 0 fully saturated rings. The second kappa shape index (κ2) is 10.1. The van der Waals surface area contributed by atoms with Crippen LogP contribution >= 0.6 is 0 Å². The van der Waals surface area contributed by atoms with E-state index in [1.807, 2.05) is 66.8 Å². The fourth-order valence-corrected chi connectivity index (χ4v) is 3.82. The minimum atomic E-state index is -0.431. The van der Waals surface area contributed by atoms with Gasteiger partial charge < -0.3 is 10.2 Å². The number of hydrogen-bond acceptors (Lipinski definition) is 4. The predicted molar refractivity (Wildman–Crippen MR) is 125 cm³/mol. The van der Waals surface area contributed by atoms with Gasteiger partial charge in [-0.3, -0.25) is 9.97 Å². The molecule has 0 radical (unpaired) electrons. The zero-order valence-electron chi connectivity index (χ0n) is 18.1. The van der Waals surface area contributed by atoms with Crippen molar-refractivity contribution in [2.24, 2.45) is 0 Å². The number of allylic oxidation sites excluding steroid dienone is 5. The first kappa shape index (κ1) is 23.7. The molecule has 0 amide bonds. The molecule has 1 atom stereocenters. The monoisotopic (exact) mass is 605 g/mol. The minimum absolute atomic E-state index is 0. The van der Waals surface area contributed by atoms with Crippen LogP contribution in [0.2, 0.25) is 0 Å². The van der Waals surface area contributed by atoms with E-state index in [1.165, 1.54) is 0 Å². The van der Waals surface area contributed by atoms with Crippen molar-refractivity contribution in [3.63, 3.8) is 0 Å². The first-order valence-electron chi connectivity index (χ1n) is 10.5. The Hall–Kier alpha value is -2.97. The van der Waals surface area contributed by atoms with E-state index < -0.39 is 5.41 Å². The third kappa shape index (κ3) is 4.61. The van der Waals surface area contributed by atoms with Crippen LogP contribution in [0, 0.1) is 0 Å². The van der Waals surface area contributed by atoms with Crippen LogP contribution in [0.4, 0.5) is 0 Å². The van der Waals surface area contributed by atoms with Crippen molar-refractivity contribution in [1.29, 1.82) is 0 Å². The number of aromatic nitrogens is 2. The quantitative estimate of drug-likeness (QED) is 0.356. The van der Waals surface area contributed by atoms with E-state index in [0.717, 1.165) is 41.2 Å². The van der Waals surface area contributed by atoms with Gasteiger partial charge in [-0.05, 0) is 62.2 Å². The van der Waals surface area contributed by atoms with Gasteiger partial charge in [0.2, 0.25) is 0 Å². The molecule has 2 aromatic heterocycles. The van der Waals surface area contributed by atoms with Gasteiger partial charge in [0, 0.05) is 32.2 Å². The normalized spacial score (nSPS) is 15.1. The maximum Gasteiger partial charge on any atom is 0.124 e. The zero-order chi connectivity index (χ0) is 21.8. The summed E-state index contributed by atoms with van der Waals surface area (Å²) in [6.45, 7) is 4.25. The van der Waals surface area contributed by atoms with E-state index in [4.69, 9.17) is 9.97 Å². The maximum absolute atomic E-state index is 10.4. The Balaban J connectivity index is 0.00000289. The van der Waals surface area contributed by atoms with Crippen molar-refractivity contribution in [3.05, 3.63) is 108 Å². The maximum atomic E-state index is 10.4. The number of hydrogen-bond donors (Lipinski definition) is 2. The van der Waals surface area contributed by atoms with Crippen LogP contribution in [0.1, 0.15) is 43.8 Å². The summed E-state index contributed by atoms with van der Waals surface area (Å²) in [5.41, 5.74) is 4.25. The first-order chi connectivity index (χ1) is 15.0. The summed E-state index contributed by atoms with van der Waals surface area (Å²) in [5, 5.41) is 20.7. The van der Waals surface area contributed by atoms with Crippen LogP contribution in [-0.4, -0.2) is 20.2 Å². The molecule has 2 heterocycles. The average molecular weight is 606 g/mol. The van der Waals surface area contributed by atoms with Crippen LogP contribution < -0.4 is 0 Å². The minimum Gasteiger partial charge on any atom is -0.507 e. The topological polar surface area (TPSA) is 66.2 Å². The number of benzene rings is 1. The van der Waals surface area contributed by atoms with E-state index in [0.29, 0.717) is 5.56 Å². The standard InChI is InChI=1S/C27H26N2O2.Pt/c1-3-27(2,26-18-10-14-22(29-26)20-12-7-8-16-24(20)31)25-17-9-13-21(28-25)19-11-5-4-6-15-23(19)30;/h4,6-18,30-31H,3,5H2,1-2H3;. The third-order valence-corrected chi connectivity index (χ3v) is 5.92. The number of para-hydroxylation sites is 1. The molecule has 0 saturated carbocycles. The predicted octanol–water partition coefficient (Wildman–Crippen LogP) is 6.35. The fraction of sp³-hybridized carbons (Fsp3) is 0.185. The average Bonchev–Trinajstić information content (AvgIpc) is 3.03. The van der Waals surface area contributed by atoms with Crippen molar-refractivity contribution in [3.8, 4) is 17.0 Å².